The summed E-state index contributed by atoms with van der Waals surface area (Å²) >= 11 is 5.70. The Hall–Kier alpha value is -0.690. The first-order valence-corrected chi connectivity index (χ1v) is 6.33. The van der Waals surface area contributed by atoms with E-state index in [1.807, 2.05) is 0 Å². The molecule has 82 valence electrons. The minimum atomic E-state index is 0.698. The van der Waals surface area contributed by atoms with Gasteiger partial charge in [-0.1, -0.05) is 25.0 Å². The third-order valence-corrected chi connectivity index (χ3v) is 3.25. The van der Waals surface area contributed by atoms with E-state index < -0.39 is 0 Å². The van der Waals surface area contributed by atoms with Crippen LogP contribution in [0.25, 0.3) is 0 Å². The van der Waals surface area contributed by atoms with Crippen LogP contribution in [-0.4, -0.2) is 11.9 Å². The monoisotopic (exact) mass is 223 g/mol. The molecule has 2 rings (SSSR count). The molecule has 2 heteroatoms. The summed E-state index contributed by atoms with van der Waals surface area (Å²) in [5, 5.41) is 3.58. The van der Waals surface area contributed by atoms with Gasteiger partial charge >= 0.3 is 0 Å². The van der Waals surface area contributed by atoms with E-state index in [1.165, 1.54) is 36.9 Å². The van der Waals surface area contributed by atoms with Crippen molar-refractivity contribution in [3.8, 4) is 0 Å². The molecule has 1 aromatic rings. The topological polar surface area (TPSA) is 12.0 Å². The molecular weight excluding hydrogens is 206 g/mol. The molecule has 0 atom stereocenters. The lowest BCUT2D eigenvalue weighted by Crippen LogP contribution is -2.14. The Kier molecular flexibility index (Phi) is 3.90. The third kappa shape index (κ3) is 3.13. The van der Waals surface area contributed by atoms with Crippen LogP contribution in [0.1, 0.15) is 31.2 Å². The predicted octanol–water partition coefficient (Wildman–Crippen LogP) is 3.82. The molecule has 0 bridgehead atoms. The van der Waals surface area contributed by atoms with Crippen molar-refractivity contribution in [2.24, 2.45) is 0 Å². The van der Waals surface area contributed by atoms with Gasteiger partial charge in [0.2, 0.25) is 0 Å². The lowest BCUT2D eigenvalue weighted by atomic mass is 10.1. The van der Waals surface area contributed by atoms with Crippen LogP contribution < -0.4 is 5.32 Å². The maximum absolute atomic E-state index is 5.70. The van der Waals surface area contributed by atoms with Crippen LogP contribution >= 0.6 is 11.6 Å². The standard InChI is InChI=1S/C13H18ClN/c14-10-9-11-5-7-13(8-6-11)15-12-3-1-2-4-12/h5-8,12,15H,1-4,9-10H2. The van der Waals surface area contributed by atoms with E-state index in [0.717, 1.165) is 6.42 Å². The highest BCUT2D eigenvalue weighted by atomic mass is 35.5. The first-order valence-electron chi connectivity index (χ1n) is 5.80. The fourth-order valence-electron chi connectivity index (χ4n) is 2.18. The van der Waals surface area contributed by atoms with Crippen molar-refractivity contribution in [1.82, 2.24) is 0 Å². The summed E-state index contributed by atoms with van der Waals surface area (Å²) < 4.78 is 0. The molecule has 1 aromatic carbocycles. The molecule has 1 N–H and O–H groups in total. The van der Waals surface area contributed by atoms with E-state index in [0.29, 0.717) is 11.9 Å². The highest BCUT2D eigenvalue weighted by Crippen LogP contribution is 2.22. The van der Waals surface area contributed by atoms with Gasteiger partial charge in [-0.3, -0.25) is 0 Å². The lowest BCUT2D eigenvalue weighted by molar-refractivity contribution is 0.755. The Morgan fingerprint density at radius 2 is 1.80 bits per heavy atom. The quantitative estimate of drug-likeness (QED) is 0.766. The van der Waals surface area contributed by atoms with E-state index in [-0.39, 0.29) is 0 Å². The molecule has 0 unspecified atom stereocenters. The van der Waals surface area contributed by atoms with E-state index >= 15 is 0 Å². The van der Waals surface area contributed by atoms with Crippen molar-refractivity contribution in [1.29, 1.82) is 0 Å². The molecule has 1 saturated carbocycles. The van der Waals surface area contributed by atoms with Crippen LogP contribution in [0.2, 0.25) is 0 Å². The number of hydrogen-bond acceptors (Lipinski definition) is 1. The molecule has 0 saturated heterocycles. The first-order chi connectivity index (χ1) is 7.38. The number of anilines is 1. The van der Waals surface area contributed by atoms with Crippen LogP contribution in [0.5, 0.6) is 0 Å². The zero-order valence-electron chi connectivity index (χ0n) is 9.01. The van der Waals surface area contributed by atoms with Crippen molar-refractivity contribution in [2.75, 3.05) is 11.2 Å². The van der Waals surface area contributed by atoms with Crippen molar-refractivity contribution in [3.63, 3.8) is 0 Å². The van der Waals surface area contributed by atoms with E-state index in [2.05, 4.69) is 29.6 Å². The average molecular weight is 224 g/mol. The number of hydrogen-bond donors (Lipinski definition) is 1. The second kappa shape index (κ2) is 5.41. The van der Waals surface area contributed by atoms with E-state index in [1.54, 1.807) is 0 Å². The van der Waals surface area contributed by atoms with Crippen molar-refractivity contribution >= 4 is 17.3 Å². The molecule has 0 spiro atoms. The van der Waals surface area contributed by atoms with Gasteiger partial charge in [0, 0.05) is 17.6 Å². The number of alkyl halides is 1. The Bertz CT molecular complexity index is 288. The summed E-state index contributed by atoms with van der Waals surface area (Å²) in [5.74, 6) is 0.704. The Balaban J connectivity index is 1.91. The highest BCUT2D eigenvalue weighted by molar-refractivity contribution is 6.17. The Labute approximate surface area is 96.8 Å². The maximum atomic E-state index is 5.70. The molecule has 1 aliphatic carbocycles. The van der Waals surface area contributed by atoms with Gasteiger partial charge in [-0.15, -0.1) is 11.6 Å². The van der Waals surface area contributed by atoms with Gasteiger partial charge in [0.1, 0.15) is 0 Å². The number of halogens is 1. The van der Waals surface area contributed by atoms with Crippen LogP contribution in [0, 0.1) is 0 Å². The summed E-state index contributed by atoms with van der Waals surface area (Å²) in [5.41, 5.74) is 2.57. The SMILES string of the molecule is ClCCc1ccc(NC2CCCC2)cc1. The molecule has 0 aliphatic heterocycles. The van der Waals surface area contributed by atoms with Crippen molar-refractivity contribution in [2.45, 2.75) is 38.1 Å². The maximum Gasteiger partial charge on any atom is 0.0342 e. The number of aryl methyl sites for hydroxylation is 1. The molecular formula is C13H18ClN. The highest BCUT2D eigenvalue weighted by Gasteiger charge is 2.13. The van der Waals surface area contributed by atoms with Gasteiger partial charge in [-0.05, 0) is 37.0 Å². The summed E-state index contributed by atoms with van der Waals surface area (Å²) in [4.78, 5) is 0. The zero-order valence-corrected chi connectivity index (χ0v) is 9.76. The van der Waals surface area contributed by atoms with Crippen LogP contribution in [-0.2, 0) is 6.42 Å². The molecule has 1 fully saturated rings. The van der Waals surface area contributed by atoms with Crippen molar-refractivity contribution < 1.29 is 0 Å². The lowest BCUT2D eigenvalue weighted by Gasteiger charge is -2.13. The molecule has 15 heavy (non-hydrogen) atoms. The molecule has 1 aliphatic rings. The number of benzene rings is 1. The van der Waals surface area contributed by atoms with E-state index in [9.17, 15) is 0 Å². The molecule has 1 nitrogen and oxygen atoms in total. The second-order valence-electron chi connectivity index (χ2n) is 4.26. The summed E-state index contributed by atoms with van der Waals surface area (Å²) in [6.45, 7) is 0. The summed E-state index contributed by atoms with van der Waals surface area (Å²) in [6, 6.07) is 9.36. The predicted molar refractivity (Wildman–Crippen MR) is 66.7 cm³/mol. The van der Waals surface area contributed by atoms with Crippen LogP contribution in [0.15, 0.2) is 24.3 Å². The second-order valence-corrected chi connectivity index (χ2v) is 4.64. The average Bonchev–Trinajstić information content (AvgIpc) is 2.74. The fraction of sp³-hybridized carbons (Fsp3) is 0.538. The number of rotatable bonds is 4. The van der Waals surface area contributed by atoms with Gasteiger partial charge in [-0.25, -0.2) is 0 Å². The smallest absolute Gasteiger partial charge is 0.0342 e. The molecule has 0 amide bonds. The van der Waals surface area contributed by atoms with Gasteiger partial charge in [0.05, 0.1) is 0 Å². The number of nitrogens with one attached hydrogen (secondary N) is 1. The van der Waals surface area contributed by atoms with Gasteiger partial charge in [0.25, 0.3) is 0 Å². The molecule has 0 aromatic heterocycles. The molecule has 0 heterocycles. The van der Waals surface area contributed by atoms with Crippen LogP contribution in [0.4, 0.5) is 5.69 Å². The van der Waals surface area contributed by atoms with Gasteiger partial charge < -0.3 is 5.32 Å². The largest absolute Gasteiger partial charge is 0.382 e. The van der Waals surface area contributed by atoms with Crippen molar-refractivity contribution in [3.05, 3.63) is 29.8 Å². The Morgan fingerprint density at radius 1 is 1.13 bits per heavy atom. The third-order valence-electron chi connectivity index (χ3n) is 3.06. The summed E-state index contributed by atoms with van der Waals surface area (Å²) in [6.07, 6.45) is 6.36. The van der Waals surface area contributed by atoms with E-state index in [4.69, 9.17) is 11.6 Å². The van der Waals surface area contributed by atoms with Gasteiger partial charge in [0.15, 0.2) is 0 Å². The normalized spacial score (nSPS) is 16.9. The Morgan fingerprint density at radius 3 is 2.40 bits per heavy atom. The zero-order chi connectivity index (χ0) is 10.5. The first kappa shape index (κ1) is 10.8. The van der Waals surface area contributed by atoms with Gasteiger partial charge in [-0.2, -0.15) is 0 Å². The minimum Gasteiger partial charge on any atom is -0.382 e. The minimum absolute atomic E-state index is 0.698. The molecule has 0 radical (unpaired) electrons. The summed E-state index contributed by atoms with van der Waals surface area (Å²) in [7, 11) is 0. The fourth-order valence-corrected chi connectivity index (χ4v) is 2.40. The van der Waals surface area contributed by atoms with Crippen LogP contribution in [0.3, 0.4) is 0 Å².